The van der Waals surface area contributed by atoms with E-state index in [1.54, 1.807) is 0 Å². The molecule has 0 aliphatic carbocycles. The highest BCUT2D eigenvalue weighted by molar-refractivity contribution is 5.88. The monoisotopic (exact) mass is 824 g/mol. The SMILES string of the molecule is CCCCCCCCCCCC(O)(CCCCCCCC)CCCCCCCC.CCCCCCCCCCCCCCCCCC(=O)OC(=O)C(N)CCC(=O)O. The fourth-order valence-corrected chi connectivity index (χ4v) is 7.88. The topological polar surface area (TPSA) is 127 Å². The van der Waals surface area contributed by atoms with Crippen LogP contribution in [-0.4, -0.2) is 39.8 Å². The summed E-state index contributed by atoms with van der Waals surface area (Å²) < 4.78 is 4.67. The van der Waals surface area contributed by atoms with Gasteiger partial charge in [-0.3, -0.25) is 9.59 Å². The van der Waals surface area contributed by atoms with Crippen molar-refractivity contribution in [3.05, 3.63) is 0 Å². The van der Waals surface area contributed by atoms with Crippen molar-refractivity contribution in [3.8, 4) is 0 Å². The average molecular weight is 824 g/mol. The second-order valence-electron chi connectivity index (χ2n) is 17.9. The highest BCUT2D eigenvalue weighted by atomic mass is 16.6. The Hall–Kier alpha value is -1.47. The summed E-state index contributed by atoms with van der Waals surface area (Å²) in [6.07, 6.45) is 50.2. The Morgan fingerprint density at radius 3 is 0.966 bits per heavy atom. The number of esters is 2. The smallest absolute Gasteiger partial charge is 0.330 e. The van der Waals surface area contributed by atoms with E-state index < -0.39 is 23.9 Å². The predicted molar refractivity (Wildman–Crippen MR) is 248 cm³/mol. The first-order valence-electron chi connectivity index (χ1n) is 25.6. The van der Waals surface area contributed by atoms with Crippen molar-refractivity contribution in [2.45, 2.75) is 309 Å². The first-order chi connectivity index (χ1) is 28.2. The Labute approximate surface area is 361 Å². The molecule has 0 amide bonds. The summed E-state index contributed by atoms with van der Waals surface area (Å²) in [6, 6.07) is -1.06. The van der Waals surface area contributed by atoms with Gasteiger partial charge >= 0.3 is 17.9 Å². The quantitative estimate of drug-likeness (QED) is 0.0317. The van der Waals surface area contributed by atoms with E-state index in [4.69, 9.17) is 10.8 Å². The molecule has 58 heavy (non-hydrogen) atoms. The molecule has 0 radical (unpaired) electrons. The number of aliphatic carboxylic acids is 1. The van der Waals surface area contributed by atoms with E-state index in [-0.39, 0.29) is 24.9 Å². The van der Waals surface area contributed by atoms with Crippen molar-refractivity contribution in [1.82, 2.24) is 0 Å². The van der Waals surface area contributed by atoms with Crippen LogP contribution >= 0.6 is 0 Å². The lowest BCUT2D eigenvalue weighted by molar-refractivity contribution is -0.160. The Morgan fingerprint density at radius 2 is 0.690 bits per heavy atom. The Balaban J connectivity index is 0. The zero-order valence-corrected chi connectivity index (χ0v) is 39.4. The molecule has 0 fully saturated rings. The van der Waals surface area contributed by atoms with Crippen molar-refractivity contribution in [2.75, 3.05) is 0 Å². The van der Waals surface area contributed by atoms with Crippen LogP contribution < -0.4 is 5.73 Å². The predicted octanol–water partition coefficient (Wildman–Crippen LogP) is 15.6. The molecule has 7 nitrogen and oxygen atoms in total. The number of carbonyl (C=O) groups is 3. The summed E-state index contributed by atoms with van der Waals surface area (Å²) in [6.45, 7) is 9.11. The molecular formula is C51H101NO6. The molecule has 0 heterocycles. The van der Waals surface area contributed by atoms with Crippen LogP contribution in [-0.2, 0) is 19.1 Å². The van der Waals surface area contributed by atoms with E-state index in [0.717, 1.165) is 32.1 Å². The molecule has 0 saturated heterocycles. The summed E-state index contributed by atoms with van der Waals surface area (Å²) in [4.78, 5) is 33.6. The van der Waals surface area contributed by atoms with Crippen LogP contribution in [0.1, 0.15) is 297 Å². The number of aliphatic hydroxyl groups is 1. The lowest BCUT2D eigenvalue weighted by Gasteiger charge is -2.29. The first-order valence-corrected chi connectivity index (χ1v) is 25.6. The third-order valence-electron chi connectivity index (χ3n) is 11.9. The van der Waals surface area contributed by atoms with Crippen molar-refractivity contribution < 1.29 is 29.3 Å². The van der Waals surface area contributed by atoms with E-state index in [1.807, 2.05) is 0 Å². The van der Waals surface area contributed by atoms with Gasteiger partial charge in [0.25, 0.3) is 0 Å². The summed E-state index contributed by atoms with van der Waals surface area (Å²) in [5.41, 5.74) is 5.14. The molecule has 0 saturated carbocycles. The minimum absolute atomic E-state index is 0.0274. The fourth-order valence-electron chi connectivity index (χ4n) is 7.88. The second-order valence-corrected chi connectivity index (χ2v) is 17.9. The molecule has 0 bridgehead atoms. The summed E-state index contributed by atoms with van der Waals surface area (Å²) in [7, 11) is 0. The third kappa shape index (κ3) is 45.6. The molecule has 0 aromatic carbocycles. The first kappa shape index (κ1) is 58.6. The zero-order chi connectivity index (χ0) is 43.2. The van der Waals surface area contributed by atoms with Gasteiger partial charge in [-0.05, 0) is 32.1 Å². The molecule has 0 aliphatic heterocycles. The lowest BCUT2D eigenvalue weighted by Crippen LogP contribution is -2.34. The standard InChI is InChI=1S/C28H58O.C23H43NO5/c1-4-7-10-13-16-17-18-21-24-27-28(29,25-22-19-14-11-8-5-2)26-23-20-15-12-9-6-3;1-2-3-4-5-6-7-8-9-10-11-12-13-14-15-16-17-22(27)29-23(28)20(24)18-19-21(25)26/h29H,4-27H2,1-3H3;20H,2-19,24H2,1H3,(H,25,26). The number of rotatable bonds is 44. The Kier molecular flexibility index (Phi) is 47.1. The number of carboxylic acids is 1. The zero-order valence-electron chi connectivity index (χ0n) is 39.4. The van der Waals surface area contributed by atoms with Gasteiger partial charge in [0.05, 0.1) is 5.60 Å². The number of carboxylic acid groups (broad SMARTS) is 1. The molecule has 0 aliphatic rings. The van der Waals surface area contributed by atoms with Gasteiger partial charge in [-0.1, -0.05) is 252 Å². The van der Waals surface area contributed by atoms with Crippen LogP contribution in [0.5, 0.6) is 0 Å². The van der Waals surface area contributed by atoms with Crippen molar-refractivity contribution >= 4 is 17.9 Å². The minimum Gasteiger partial charge on any atom is -0.481 e. The molecule has 7 heteroatoms. The Morgan fingerprint density at radius 1 is 0.431 bits per heavy atom. The summed E-state index contributed by atoms with van der Waals surface area (Å²) >= 11 is 0. The van der Waals surface area contributed by atoms with E-state index in [2.05, 4.69) is 32.4 Å². The van der Waals surface area contributed by atoms with Gasteiger partial charge in [0.1, 0.15) is 6.04 Å². The van der Waals surface area contributed by atoms with Gasteiger partial charge < -0.3 is 20.7 Å². The molecule has 1 unspecified atom stereocenters. The number of unbranched alkanes of at least 4 members (excludes halogenated alkanes) is 32. The molecule has 1 atom stereocenters. The van der Waals surface area contributed by atoms with Gasteiger partial charge in [-0.2, -0.15) is 0 Å². The summed E-state index contributed by atoms with van der Waals surface area (Å²) in [5.74, 6) is -2.44. The average Bonchev–Trinajstić information content (AvgIpc) is 3.20. The maximum atomic E-state index is 11.6. The molecule has 0 rings (SSSR count). The van der Waals surface area contributed by atoms with Gasteiger partial charge in [-0.25, -0.2) is 4.79 Å². The van der Waals surface area contributed by atoms with Crippen molar-refractivity contribution in [3.63, 3.8) is 0 Å². The fraction of sp³-hybridized carbons (Fsp3) is 0.941. The van der Waals surface area contributed by atoms with Crippen LogP contribution in [0, 0.1) is 0 Å². The van der Waals surface area contributed by atoms with Crippen molar-refractivity contribution in [2.24, 2.45) is 5.73 Å². The van der Waals surface area contributed by atoms with E-state index in [9.17, 15) is 19.5 Å². The largest absolute Gasteiger partial charge is 0.481 e. The third-order valence-corrected chi connectivity index (χ3v) is 11.9. The molecule has 0 spiro atoms. The van der Waals surface area contributed by atoms with Gasteiger partial charge in [0.2, 0.25) is 0 Å². The van der Waals surface area contributed by atoms with E-state index in [1.165, 1.54) is 212 Å². The van der Waals surface area contributed by atoms with Crippen LogP contribution in [0.25, 0.3) is 0 Å². The van der Waals surface area contributed by atoms with Crippen LogP contribution in [0.2, 0.25) is 0 Å². The Bertz CT molecular complexity index is 863. The van der Waals surface area contributed by atoms with Gasteiger partial charge in [0.15, 0.2) is 0 Å². The van der Waals surface area contributed by atoms with Gasteiger partial charge in [0, 0.05) is 12.8 Å². The van der Waals surface area contributed by atoms with Crippen LogP contribution in [0.3, 0.4) is 0 Å². The maximum absolute atomic E-state index is 11.6. The molecular weight excluding hydrogens is 723 g/mol. The second kappa shape index (κ2) is 46.6. The van der Waals surface area contributed by atoms with E-state index in [0.29, 0.717) is 6.42 Å². The highest BCUT2D eigenvalue weighted by Gasteiger charge is 2.25. The maximum Gasteiger partial charge on any atom is 0.330 e. The molecule has 0 aromatic rings. The summed E-state index contributed by atoms with van der Waals surface area (Å²) in [5, 5.41) is 19.9. The van der Waals surface area contributed by atoms with E-state index >= 15 is 0 Å². The number of nitrogens with two attached hydrogens (primary N) is 1. The molecule has 346 valence electrons. The number of hydrogen-bond acceptors (Lipinski definition) is 6. The molecule has 0 aromatic heterocycles. The number of carbonyl (C=O) groups excluding carboxylic acids is 2. The normalized spacial score (nSPS) is 12.0. The minimum atomic E-state index is -1.06. The van der Waals surface area contributed by atoms with Crippen molar-refractivity contribution in [1.29, 1.82) is 0 Å². The molecule has 4 N–H and O–H groups in total. The number of ether oxygens (including phenoxy) is 1. The van der Waals surface area contributed by atoms with Crippen LogP contribution in [0.15, 0.2) is 0 Å². The van der Waals surface area contributed by atoms with Gasteiger partial charge in [-0.15, -0.1) is 0 Å². The highest BCUT2D eigenvalue weighted by Crippen LogP contribution is 2.29. The lowest BCUT2D eigenvalue weighted by atomic mass is 9.85. The van der Waals surface area contributed by atoms with Crippen LogP contribution in [0.4, 0.5) is 0 Å². The number of hydrogen-bond donors (Lipinski definition) is 3.